The normalized spacial score (nSPS) is 35.3. The Hall–Kier alpha value is -0.330. The van der Waals surface area contributed by atoms with Gasteiger partial charge in [-0.15, -0.1) is 0 Å². The minimum atomic E-state index is -4.06. The van der Waals surface area contributed by atoms with E-state index in [1.54, 1.807) is 0 Å². The van der Waals surface area contributed by atoms with Gasteiger partial charge in [-0.25, -0.2) is 0 Å². The lowest BCUT2D eigenvalue weighted by Crippen LogP contribution is -2.50. The average Bonchev–Trinajstić information content (AvgIpc) is 2.88. The van der Waals surface area contributed by atoms with Crippen LogP contribution in [0.1, 0.15) is 38.5 Å². The van der Waals surface area contributed by atoms with Gasteiger partial charge in [0.25, 0.3) is 0 Å². The van der Waals surface area contributed by atoms with E-state index in [0.717, 1.165) is 32.2 Å². The molecule has 1 saturated heterocycles. The molecule has 3 unspecified atom stereocenters. The van der Waals surface area contributed by atoms with Crippen LogP contribution in [0.2, 0.25) is 0 Å². The molecule has 2 rings (SSSR count). The van der Waals surface area contributed by atoms with E-state index >= 15 is 0 Å². The maximum Gasteiger partial charge on any atom is 0.393 e. The van der Waals surface area contributed by atoms with Crippen molar-refractivity contribution in [2.75, 3.05) is 33.3 Å². The molecule has 0 amide bonds. The first-order chi connectivity index (χ1) is 9.91. The molecule has 6 heteroatoms. The number of aliphatic hydroxyl groups is 1. The third-order valence-electron chi connectivity index (χ3n) is 5.50. The third kappa shape index (κ3) is 3.90. The molecular weight excluding hydrogens is 281 g/mol. The van der Waals surface area contributed by atoms with Gasteiger partial charge in [0.15, 0.2) is 0 Å². The predicted molar refractivity (Wildman–Crippen MR) is 76.1 cm³/mol. The lowest BCUT2D eigenvalue weighted by molar-refractivity contribution is -0.186. The molecule has 3 nitrogen and oxygen atoms in total. The van der Waals surface area contributed by atoms with Gasteiger partial charge in [0.1, 0.15) is 0 Å². The Labute approximate surface area is 124 Å². The second kappa shape index (κ2) is 6.84. The minimum absolute atomic E-state index is 0.110. The summed E-state index contributed by atoms with van der Waals surface area (Å²) in [6.07, 6.45) is 0.787. The first-order valence-electron chi connectivity index (χ1n) is 8.00. The smallest absolute Gasteiger partial charge is 0.393 e. The van der Waals surface area contributed by atoms with Crippen molar-refractivity contribution in [3.63, 3.8) is 0 Å². The second-order valence-corrected chi connectivity index (χ2v) is 6.62. The van der Waals surface area contributed by atoms with Gasteiger partial charge in [-0.2, -0.15) is 13.2 Å². The number of nitrogens with one attached hydrogen (secondary N) is 1. The lowest BCUT2D eigenvalue weighted by Gasteiger charge is -2.37. The highest BCUT2D eigenvalue weighted by Crippen LogP contribution is 2.38. The summed E-state index contributed by atoms with van der Waals surface area (Å²) in [7, 11) is 1.87. The molecule has 124 valence electrons. The summed E-state index contributed by atoms with van der Waals surface area (Å²) in [4.78, 5) is 1.96. The van der Waals surface area contributed by atoms with Crippen molar-refractivity contribution >= 4 is 0 Å². The highest BCUT2D eigenvalue weighted by molar-refractivity contribution is 4.98. The molecule has 2 aliphatic rings. The molecule has 0 radical (unpaired) electrons. The van der Waals surface area contributed by atoms with E-state index in [-0.39, 0.29) is 25.1 Å². The zero-order valence-electron chi connectivity index (χ0n) is 12.8. The average molecular weight is 308 g/mol. The summed E-state index contributed by atoms with van der Waals surface area (Å²) < 4.78 is 38.5. The lowest BCUT2D eigenvalue weighted by atomic mass is 9.85. The largest absolute Gasteiger partial charge is 0.394 e. The topological polar surface area (TPSA) is 35.5 Å². The molecular formula is C15H27F3N2O. The SMILES string of the molecule is CNC1(CO)CCCC1CCN1CCCC(C(F)(F)F)C1. The van der Waals surface area contributed by atoms with Gasteiger partial charge in [0.05, 0.1) is 12.5 Å². The molecule has 2 N–H and O–H groups in total. The summed E-state index contributed by atoms with van der Waals surface area (Å²) >= 11 is 0. The molecule has 1 aliphatic carbocycles. The number of aliphatic hydroxyl groups excluding tert-OH is 1. The Balaban J connectivity index is 1.85. The van der Waals surface area contributed by atoms with Crippen molar-refractivity contribution in [2.45, 2.75) is 50.2 Å². The van der Waals surface area contributed by atoms with E-state index in [9.17, 15) is 18.3 Å². The van der Waals surface area contributed by atoms with Crippen molar-refractivity contribution in [1.82, 2.24) is 10.2 Å². The highest BCUT2D eigenvalue weighted by atomic mass is 19.4. The number of likely N-dealkylation sites (N-methyl/N-ethyl adjacent to an activating group) is 1. The van der Waals surface area contributed by atoms with E-state index in [2.05, 4.69) is 5.32 Å². The van der Waals surface area contributed by atoms with Crippen molar-refractivity contribution in [3.8, 4) is 0 Å². The molecule has 21 heavy (non-hydrogen) atoms. The van der Waals surface area contributed by atoms with Crippen molar-refractivity contribution in [1.29, 1.82) is 0 Å². The molecule has 0 aromatic rings. The first kappa shape index (κ1) is 17.0. The summed E-state index contributed by atoms with van der Waals surface area (Å²) in [5.41, 5.74) is -0.223. The van der Waals surface area contributed by atoms with Crippen molar-refractivity contribution in [3.05, 3.63) is 0 Å². The van der Waals surface area contributed by atoms with Gasteiger partial charge in [-0.1, -0.05) is 6.42 Å². The van der Waals surface area contributed by atoms with Crippen LogP contribution in [-0.2, 0) is 0 Å². The number of hydrogen-bond donors (Lipinski definition) is 2. The van der Waals surface area contributed by atoms with E-state index < -0.39 is 12.1 Å². The molecule has 0 bridgehead atoms. The Morgan fingerprint density at radius 3 is 2.67 bits per heavy atom. The maximum absolute atomic E-state index is 12.8. The van der Waals surface area contributed by atoms with Gasteiger partial charge >= 0.3 is 6.18 Å². The van der Waals surface area contributed by atoms with Crippen LogP contribution in [0, 0.1) is 11.8 Å². The van der Waals surface area contributed by atoms with Crippen molar-refractivity contribution in [2.24, 2.45) is 11.8 Å². The molecule has 2 fully saturated rings. The van der Waals surface area contributed by atoms with Crippen LogP contribution in [0.25, 0.3) is 0 Å². The van der Waals surface area contributed by atoms with Crippen LogP contribution in [0.4, 0.5) is 13.2 Å². The Bertz CT molecular complexity index is 331. The highest BCUT2D eigenvalue weighted by Gasteiger charge is 2.43. The van der Waals surface area contributed by atoms with E-state index in [0.29, 0.717) is 18.9 Å². The second-order valence-electron chi connectivity index (χ2n) is 6.62. The number of alkyl halides is 3. The summed E-state index contributed by atoms with van der Waals surface area (Å²) in [6, 6.07) is 0. The molecule has 1 aliphatic heterocycles. The van der Waals surface area contributed by atoms with Crippen LogP contribution in [-0.4, -0.2) is 55.0 Å². The van der Waals surface area contributed by atoms with Gasteiger partial charge in [-0.3, -0.25) is 0 Å². The van der Waals surface area contributed by atoms with Gasteiger partial charge < -0.3 is 15.3 Å². The van der Waals surface area contributed by atoms with Gasteiger partial charge in [0, 0.05) is 12.1 Å². The minimum Gasteiger partial charge on any atom is -0.394 e. The summed E-state index contributed by atoms with van der Waals surface area (Å²) in [5.74, 6) is -0.805. The molecule has 1 saturated carbocycles. The number of piperidine rings is 1. The Morgan fingerprint density at radius 1 is 1.29 bits per heavy atom. The maximum atomic E-state index is 12.8. The Kier molecular flexibility index (Phi) is 5.54. The van der Waals surface area contributed by atoms with Crippen molar-refractivity contribution < 1.29 is 18.3 Å². The number of hydrogen-bond acceptors (Lipinski definition) is 3. The fourth-order valence-corrected chi connectivity index (χ4v) is 4.05. The molecule has 1 heterocycles. The van der Waals surface area contributed by atoms with E-state index in [1.807, 2.05) is 11.9 Å². The van der Waals surface area contributed by atoms with Crippen LogP contribution in [0.5, 0.6) is 0 Å². The molecule has 0 aromatic carbocycles. The summed E-state index contributed by atoms with van der Waals surface area (Å²) in [5, 5.41) is 12.9. The summed E-state index contributed by atoms with van der Waals surface area (Å²) in [6.45, 7) is 1.73. The van der Waals surface area contributed by atoms with Crippen LogP contribution in [0.3, 0.4) is 0 Å². The molecule has 0 spiro atoms. The van der Waals surface area contributed by atoms with Crippen LogP contribution in [0.15, 0.2) is 0 Å². The standard InChI is InChI=1S/C15H27F3N2O/c1-19-14(11-21)7-2-4-12(14)6-9-20-8-3-5-13(10-20)15(16,17)18/h12-13,19,21H,2-11H2,1H3. The fraction of sp³-hybridized carbons (Fsp3) is 1.00. The number of nitrogens with zero attached hydrogens (tertiary/aromatic N) is 1. The van der Waals surface area contributed by atoms with Gasteiger partial charge in [0.2, 0.25) is 0 Å². The van der Waals surface area contributed by atoms with E-state index in [4.69, 9.17) is 0 Å². The quantitative estimate of drug-likeness (QED) is 0.819. The van der Waals surface area contributed by atoms with Crippen LogP contribution < -0.4 is 5.32 Å². The fourth-order valence-electron chi connectivity index (χ4n) is 4.05. The van der Waals surface area contributed by atoms with Crippen LogP contribution >= 0.6 is 0 Å². The van der Waals surface area contributed by atoms with Gasteiger partial charge in [-0.05, 0) is 58.2 Å². The molecule has 0 aromatic heterocycles. The zero-order valence-corrected chi connectivity index (χ0v) is 12.8. The first-order valence-corrected chi connectivity index (χ1v) is 8.00. The number of halogens is 3. The molecule has 3 atom stereocenters. The number of likely N-dealkylation sites (tertiary alicyclic amines) is 1. The Morgan fingerprint density at radius 2 is 2.05 bits per heavy atom. The number of rotatable bonds is 5. The predicted octanol–water partition coefficient (Wildman–Crippen LogP) is 2.40. The monoisotopic (exact) mass is 308 g/mol. The zero-order chi connectivity index (χ0) is 15.5. The van der Waals surface area contributed by atoms with E-state index in [1.165, 1.54) is 0 Å². The third-order valence-corrected chi connectivity index (χ3v) is 5.50.